The van der Waals surface area contributed by atoms with Crippen LogP contribution in [0.2, 0.25) is 0 Å². The normalized spacial score (nSPS) is 20.8. The van der Waals surface area contributed by atoms with Crippen LogP contribution < -0.4 is 10.9 Å². The standard InChI is InChI=1S/C26H29N3O2S/c30-25(27-11-14-29-12-8-19(9-13-29)18-4-2-1-3-5-18)20-6-7-24-22(16-20)21-10-15-32-17-23(21)26(31)28-24/h1-4,6-8,16,18H,5,9-15,17H2,(H,27,30)(H,28,31). The summed E-state index contributed by atoms with van der Waals surface area (Å²) in [5.74, 6) is 2.27. The Bertz CT molecular complexity index is 1180. The molecule has 5 rings (SSSR count). The average molecular weight is 448 g/mol. The summed E-state index contributed by atoms with van der Waals surface area (Å²) in [6.45, 7) is 3.48. The molecule has 0 radical (unpaired) electrons. The molecule has 0 saturated carbocycles. The Hall–Kier alpha value is -2.57. The minimum absolute atomic E-state index is 0.00612. The lowest BCUT2D eigenvalue weighted by atomic mass is 9.88. The Morgan fingerprint density at radius 2 is 2.16 bits per heavy atom. The van der Waals surface area contributed by atoms with Gasteiger partial charge in [-0.15, -0.1) is 0 Å². The van der Waals surface area contributed by atoms with E-state index in [2.05, 4.69) is 45.6 Å². The van der Waals surface area contributed by atoms with E-state index in [1.54, 1.807) is 23.4 Å². The Balaban J connectivity index is 1.19. The lowest BCUT2D eigenvalue weighted by Gasteiger charge is -2.29. The van der Waals surface area contributed by atoms with Gasteiger partial charge in [-0.3, -0.25) is 14.5 Å². The number of benzene rings is 1. The number of thioether (sulfide) groups is 1. The fraction of sp³-hybridized carbons (Fsp3) is 0.385. The van der Waals surface area contributed by atoms with E-state index in [0.717, 1.165) is 72.4 Å². The Morgan fingerprint density at radius 1 is 1.22 bits per heavy atom. The molecule has 0 fully saturated rings. The molecule has 166 valence electrons. The highest BCUT2D eigenvalue weighted by atomic mass is 32.2. The van der Waals surface area contributed by atoms with Gasteiger partial charge in [0.25, 0.3) is 11.5 Å². The van der Waals surface area contributed by atoms with Crippen LogP contribution in [0.25, 0.3) is 10.9 Å². The maximum absolute atomic E-state index is 12.8. The van der Waals surface area contributed by atoms with Gasteiger partial charge in [-0.1, -0.05) is 36.0 Å². The summed E-state index contributed by atoms with van der Waals surface area (Å²) in [6, 6.07) is 5.61. The SMILES string of the molecule is O=C(NCCN1CC=C(C2C=CC=CC2)CC1)c1ccc2[nH]c(=O)c3c(c2c1)CCSC3. The molecule has 1 aromatic carbocycles. The number of pyridine rings is 1. The van der Waals surface area contributed by atoms with Gasteiger partial charge in [-0.2, -0.15) is 11.8 Å². The van der Waals surface area contributed by atoms with Crippen molar-refractivity contribution >= 4 is 28.6 Å². The fourth-order valence-corrected chi connectivity index (χ4v) is 5.88. The second kappa shape index (κ2) is 9.51. The van der Waals surface area contributed by atoms with Crippen LogP contribution in [-0.4, -0.2) is 47.7 Å². The number of aromatic amines is 1. The lowest BCUT2D eigenvalue weighted by molar-refractivity contribution is 0.0949. The van der Waals surface area contributed by atoms with E-state index < -0.39 is 0 Å². The van der Waals surface area contributed by atoms with Gasteiger partial charge < -0.3 is 10.3 Å². The maximum Gasteiger partial charge on any atom is 0.252 e. The van der Waals surface area contributed by atoms with Crippen LogP contribution in [-0.2, 0) is 12.2 Å². The molecule has 2 aromatic rings. The van der Waals surface area contributed by atoms with Gasteiger partial charge in [-0.05, 0) is 48.8 Å². The molecule has 6 heteroatoms. The van der Waals surface area contributed by atoms with Gasteiger partial charge in [0.15, 0.2) is 0 Å². The van der Waals surface area contributed by atoms with E-state index in [0.29, 0.717) is 18.0 Å². The van der Waals surface area contributed by atoms with E-state index in [-0.39, 0.29) is 11.5 Å². The minimum atomic E-state index is -0.0515. The van der Waals surface area contributed by atoms with Crippen LogP contribution in [0.1, 0.15) is 34.3 Å². The summed E-state index contributed by atoms with van der Waals surface area (Å²) in [5.41, 5.74) is 4.99. The third kappa shape index (κ3) is 4.48. The third-order valence-corrected chi connectivity index (χ3v) is 7.72. The quantitative estimate of drug-likeness (QED) is 0.684. The van der Waals surface area contributed by atoms with Crippen molar-refractivity contribution in [1.82, 2.24) is 15.2 Å². The first kappa shape index (κ1) is 21.3. The van der Waals surface area contributed by atoms with E-state index in [4.69, 9.17) is 0 Å². The van der Waals surface area contributed by atoms with E-state index in [1.807, 2.05) is 12.1 Å². The molecule has 0 saturated heterocycles. The van der Waals surface area contributed by atoms with Crippen molar-refractivity contribution in [3.05, 3.63) is 81.2 Å². The molecule has 1 unspecified atom stereocenters. The fourth-order valence-electron chi connectivity index (χ4n) is 4.88. The number of aromatic nitrogens is 1. The molecular formula is C26H29N3O2S. The third-order valence-electron chi connectivity index (χ3n) is 6.74. The first-order chi connectivity index (χ1) is 15.7. The topological polar surface area (TPSA) is 65.2 Å². The smallest absolute Gasteiger partial charge is 0.252 e. The largest absolute Gasteiger partial charge is 0.351 e. The summed E-state index contributed by atoms with van der Waals surface area (Å²) in [4.78, 5) is 30.5. The van der Waals surface area contributed by atoms with E-state index in [1.165, 1.54) is 0 Å². The summed E-state index contributed by atoms with van der Waals surface area (Å²) < 4.78 is 0. The van der Waals surface area contributed by atoms with Gasteiger partial charge in [-0.25, -0.2) is 0 Å². The minimum Gasteiger partial charge on any atom is -0.351 e. The highest BCUT2D eigenvalue weighted by Gasteiger charge is 2.19. The van der Waals surface area contributed by atoms with Crippen molar-refractivity contribution in [2.24, 2.45) is 5.92 Å². The number of hydrogen-bond donors (Lipinski definition) is 2. The van der Waals surface area contributed by atoms with E-state index in [9.17, 15) is 9.59 Å². The number of H-pyrrole nitrogens is 1. The van der Waals surface area contributed by atoms with Gasteiger partial charge in [0, 0.05) is 59.9 Å². The van der Waals surface area contributed by atoms with Crippen molar-refractivity contribution in [2.45, 2.75) is 25.0 Å². The number of nitrogens with one attached hydrogen (secondary N) is 2. The molecule has 1 aromatic heterocycles. The van der Waals surface area contributed by atoms with E-state index >= 15 is 0 Å². The monoisotopic (exact) mass is 447 g/mol. The Morgan fingerprint density at radius 3 is 2.97 bits per heavy atom. The summed E-state index contributed by atoms with van der Waals surface area (Å²) in [6.07, 6.45) is 14.3. The molecule has 1 atom stereocenters. The molecule has 3 aliphatic rings. The maximum atomic E-state index is 12.8. The lowest BCUT2D eigenvalue weighted by Crippen LogP contribution is -2.37. The van der Waals surface area contributed by atoms with Crippen LogP contribution >= 0.6 is 11.8 Å². The van der Waals surface area contributed by atoms with Gasteiger partial charge in [0.05, 0.1) is 0 Å². The zero-order chi connectivity index (χ0) is 21.9. The van der Waals surface area contributed by atoms with Crippen molar-refractivity contribution in [3.63, 3.8) is 0 Å². The second-order valence-corrected chi connectivity index (χ2v) is 9.82. The molecule has 5 nitrogen and oxygen atoms in total. The zero-order valence-electron chi connectivity index (χ0n) is 18.2. The number of nitrogens with zero attached hydrogens (tertiary/aromatic N) is 1. The van der Waals surface area contributed by atoms with Crippen molar-refractivity contribution < 1.29 is 4.79 Å². The van der Waals surface area contributed by atoms with Crippen molar-refractivity contribution in [2.75, 3.05) is 31.9 Å². The number of aryl methyl sites for hydroxylation is 1. The number of carbonyl (C=O) groups is 1. The predicted molar refractivity (Wildman–Crippen MR) is 132 cm³/mol. The average Bonchev–Trinajstić information content (AvgIpc) is 2.85. The molecule has 3 heterocycles. The summed E-state index contributed by atoms with van der Waals surface area (Å²) >= 11 is 1.79. The molecule has 2 N–H and O–H groups in total. The van der Waals surface area contributed by atoms with Crippen LogP contribution in [0.4, 0.5) is 0 Å². The Kier molecular flexibility index (Phi) is 6.32. The van der Waals surface area contributed by atoms with Gasteiger partial charge >= 0.3 is 0 Å². The number of amides is 1. The summed E-state index contributed by atoms with van der Waals surface area (Å²) in [7, 11) is 0. The van der Waals surface area contributed by atoms with Crippen LogP contribution in [0.15, 0.2) is 58.9 Å². The second-order valence-electron chi connectivity index (χ2n) is 8.71. The first-order valence-electron chi connectivity index (χ1n) is 11.5. The predicted octanol–water partition coefficient (Wildman–Crippen LogP) is 3.81. The van der Waals surface area contributed by atoms with Gasteiger partial charge in [0.2, 0.25) is 0 Å². The number of hydrogen-bond acceptors (Lipinski definition) is 4. The number of fused-ring (bicyclic) bond motifs is 3. The molecule has 1 amide bonds. The number of carbonyl (C=O) groups excluding carboxylic acids is 1. The van der Waals surface area contributed by atoms with Crippen molar-refractivity contribution in [1.29, 1.82) is 0 Å². The Labute approximate surface area is 192 Å². The molecular weight excluding hydrogens is 418 g/mol. The molecule has 1 aliphatic carbocycles. The summed E-state index contributed by atoms with van der Waals surface area (Å²) in [5, 5.41) is 4.09. The number of allylic oxidation sites excluding steroid dienone is 4. The molecule has 2 aliphatic heterocycles. The number of rotatable bonds is 5. The van der Waals surface area contributed by atoms with Gasteiger partial charge in [0.1, 0.15) is 0 Å². The highest BCUT2D eigenvalue weighted by molar-refractivity contribution is 7.98. The first-order valence-corrected chi connectivity index (χ1v) is 12.6. The molecule has 0 spiro atoms. The zero-order valence-corrected chi connectivity index (χ0v) is 19.0. The van der Waals surface area contributed by atoms with Crippen LogP contribution in [0.5, 0.6) is 0 Å². The van der Waals surface area contributed by atoms with Crippen LogP contribution in [0.3, 0.4) is 0 Å². The van der Waals surface area contributed by atoms with Crippen LogP contribution in [0, 0.1) is 5.92 Å². The highest BCUT2D eigenvalue weighted by Crippen LogP contribution is 2.28. The molecule has 32 heavy (non-hydrogen) atoms. The molecule has 0 bridgehead atoms. The van der Waals surface area contributed by atoms with Crippen molar-refractivity contribution in [3.8, 4) is 0 Å².